The number of nitrogens with one attached hydrogen (secondary N) is 2. The van der Waals surface area contributed by atoms with Crippen molar-refractivity contribution in [3.8, 4) is 0 Å². The summed E-state index contributed by atoms with van der Waals surface area (Å²) in [5, 5.41) is 5.90. The van der Waals surface area contributed by atoms with Crippen molar-refractivity contribution < 1.29 is 4.79 Å². The van der Waals surface area contributed by atoms with E-state index in [1.54, 1.807) is 0 Å². The molecule has 5 heteroatoms. The van der Waals surface area contributed by atoms with Crippen molar-refractivity contribution in [1.29, 1.82) is 0 Å². The highest BCUT2D eigenvalue weighted by Crippen LogP contribution is 2.18. The molecule has 1 aliphatic carbocycles. The molecule has 18 heavy (non-hydrogen) atoms. The van der Waals surface area contributed by atoms with E-state index in [2.05, 4.69) is 34.4 Å². The SMILES string of the molecule is Cc1cc(C(C)C)nc(NCC(=O)NC2CC2)n1. The zero-order chi connectivity index (χ0) is 13.1. The number of anilines is 1. The first kappa shape index (κ1) is 12.8. The lowest BCUT2D eigenvalue weighted by molar-refractivity contribution is -0.119. The Morgan fingerprint density at radius 2 is 2.17 bits per heavy atom. The van der Waals surface area contributed by atoms with Crippen LogP contribution < -0.4 is 10.6 Å². The molecule has 0 aliphatic heterocycles. The van der Waals surface area contributed by atoms with E-state index in [9.17, 15) is 4.79 Å². The third kappa shape index (κ3) is 3.68. The molecule has 2 N–H and O–H groups in total. The number of aromatic nitrogens is 2. The van der Waals surface area contributed by atoms with Crippen LogP contribution in [0.15, 0.2) is 6.07 Å². The van der Waals surface area contributed by atoms with Gasteiger partial charge >= 0.3 is 0 Å². The maximum Gasteiger partial charge on any atom is 0.239 e. The van der Waals surface area contributed by atoms with Gasteiger partial charge in [-0.1, -0.05) is 13.8 Å². The smallest absolute Gasteiger partial charge is 0.239 e. The Labute approximate surface area is 107 Å². The summed E-state index contributed by atoms with van der Waals surface area (Å²) in [4.78, 5) is 20.2. The maximum absolute atomic E-state index is 11.5. The monoisotopic (exact) mass is 248 g/mol. The predicted octanol–water partition coefficient (Wildman–Crippen LogP) is 1.60. The summed E-state index contributed by atoms with van der Waals surface area (Å²) in [5.74, 6) is 0.894. The number of carbonyl (C=O) groups is 1. The van der Waals surface area contributed by atoms with Crippen LogP contribution in [0.2, 0.25) is 0 Å². The Morgan fingerprint density at radius 3 is 2.78 bits per heavy atom. The minimum atomic E-state index is 0.00806. The van der Waals surface area contributed by atoms with Crippen molar-refractivity contribution in [2.45, 2.75) is 45.6 Å². The molecule has 0 saturated heterocycles. The lowest BCUT2D eigenvalue weighted by Crippen LogP contribution is -2.31. The van der Waals surface area contributed by atoms with Gasteiger partial charge in [0.2, 0.25) is 11.9 Å². The van der Waals surface area contributed by atoms with E-state index in [-0.39, 0.29) is 12.5 Å². The van der Waals surface area contributed by atoms with Crippen LogP contribution in [0.3, 0.4) is 0 Å². The van der Waals surface area contributed by atoms with Crippen molar-refractivity contribution in [2.24, 2.45) is 0 Å². The Bertz CT molecular complexity index is 441. The first-order valence-electron chi connectivity index (χ1n) is 6.43. The third-order valence-electron chi connectivity index (χ3n) is 2.82. The Balaban J connectivity index is 1.93. The number of nitrogens with zero attached hydrogens (tertiary/aromatic N) is 2. The Kier molecular flexibility index (Phi) is 3.79. The zero-order valence-corrected chi connectivity index (χ0v) is 11.2. The van der Waals surface area contributed by atoms with Crippen molar-refractivity contribution in [3.63, 3.8) is 0 Å². The summed E-state index contributed by atoms with van der Waals surface area (Å²) in [6, 6.07) is 2.36. The highest BCUT2D eigenvalue weighted by Gasteiger charge is 2.22. The van der Waals surface area contributed by atoms with Gasteiger partial charge < -0.3 is 10.6 Å². The molecule has 0 spiro atoms. The number of aryl methyl sites for hydroxylation is 1. The number of rotatable bonds is 5. The van der Waals surface area contributed by atoms with Crippen LogP contribution in [-0.2, 0) is 4.79 Å². The highest BCUT2D eigenvalue weighted by molar-refractivity contribution is 5.80. The minimum absolute atomic E-state index is 0.00806. The molecule has 0 aromatic carbocycles. The van der Waals surface area contributed by atoms with Gasteiger partial charge in [0.1, 0.15) is 0 Å². The van der Waals surface area contributed by atoms with Crippen LogP contribution in [-0.4, -0.2) is 28.5 Å². The van der Waals surface area contributed by atoms with E-state index in [4.69, 9.17) is 0 Å². The molecule has 0 radical (unpaired) electrons. The number of amides is 1. The molecule has 0 bridgehead atoms. The molecule has 98 valence electrons. The van der Waals surface area contributed by atoms with Gasteiger partial charge in [-0.15, -0.1) is 0 Å². The molecule has 1 aliphatic rings. The second-order valence-corrected chi connectivity index (χ2v) is 5.11. The summed E-state index contributed by atoms with van der Waals surface area (Å²) in [6.07, 6.45) is 2.20. The van der Waals surface area contributed by atoms with E-state index < -0.39 is 0 Å². The number of carbonyl (C=O) groups excluding carboxylic acids is 1. The molecule has 1 aromatic rings. The average Bonchev–Trinajstić information content (AvgIpc) is 3.09. The minimum Gasteiger partial charge on any atom is -0.352 e. The van der Waals surface area contributed by atoms with Crippen LogP contribution in [0, 0.1) is 6.92 Å². The summed E-state index contributed by atoms with van der Waals surface area (Å²) >= 11 is 0. The lowest BCUT2D eigenvalue weighted by Gasteiger charge is -2.10. The van der Waals surface area contributed by atoms with Gasteiger partial charge in [-0.2, -0.15) is 0 Å². The van der Waals surface area contributed by atoms with Gasteiger partial charge in [-0.3, -0.25) is 4.79 Å². The van der Waals surface area contributed by atoms with E-state index in [0.717, 1.165) is 24.2 Å². The summed E-state index contributed by atoms with van der Waals surface area (Å²) in [7, 11) is 0. The number of hydrogen-bond donors (Lipinski definition) is 2. The van der Waals surface area contributed by atoms with Gasteiger partial charge in [0, 0.05) is 17.4 Å². The fourth-order valence-electron chi connectivity index (χ4n) is 1.63. The van der Waals surface area contributed by atoms with Gasteiger partial charge in [0.15, 0.2) is 0 Å². The summed E-state index contributed by atoms with van der Waals surface area (Å²) in [6.45, 7) is 6.34. The fraction of sp³-hybridized carbons (Fsp3) is 0.615. The predicted molar refractivity (Wildman–Crippen MR) is 70.5 cm³/mol. The second-order valence-electron chi connectivity index (χ2n) is 5.11. The molecule has 1 saturated carbocycles. The second kappa shape index (κ2) is 5.33. The Hall–Kier alpha value is -1.65. The molecular weight excluding hydrogens is 228 g/mol. The highest BCUT2D eigenvalue weighted by atomic mass is 16.2. The quantitative estimate of drug-likeness (QED) is 0.830. The topological polar surface area (TPSA) is 66.9 Å². The van der Waals surface area contributed by atoms with Crippen molar-refractivity contribution in [2.75, 3.05) is 11.9 Å². The molecule has 5 nitrogen and oxygen atoms in total. The molecule has 0 unspecified atom stereocenters. The van der Waals surface area contributed by atoms with Crippen LogP contribution in [0.4, 0.5) is 5.95 Å². The van der Waals surface area contributed by atoms with Gasteiger partial charge in [0.05, 0.1) is 6.54 Å². The summed E-state index contributed by atoms with van der Waals surface area (Å²) < 4.78 is 0. The van der Waals surface area contributed by atoms with Crippen LogP contribution in [0.25, 0.3) is 0 Å². The Morgan fingerprint density at radius 1 is 1.44 bits per heavy atom. The van der Waals surface area contributed by atoms with Crippen molar-refractivity contribution in [1.82, 2.24) is 15.3 Å². The molecule has 1 heterocycles. The third-order valence-corrected chi connectivity index (χ3v) is 2.82. The first-order chi connectivity index (χ1) is 8.54. The van der Waals surface area contributed by atoms with Crippen molar-refractivity contribution >= 4 is 11.9 Å². The van der Waals surface area contributed by atoms with Crippen LogP contribution in [0.1, 0.15) is 44.0 Å². The normalized spacial score (nSPS) is 14.7. The largest absolute Gasteiger partial charge is 0.352 e. The zero-order valence-electron chi connectivity index (χ0n) is 11.2. The van der Waals surface area contributed by atoms with Crippen LogP contribution >= 0.6 is 0 Å². The van der Waals surface area contributed by atoms with E-state index in [1.807, 2.05) is 13.0 Å². The lowest BCUT2D eigenvalue weighted by atomic mass is 10.1. The number of hydrogen-bond acceptors (Lipinski definition) is 4. The van der Waals surface area contributed by atoms with Crippen molar-refractivity contribution in [3.05, 3.63) is 17.5 Å². The molecular formula is C13H20N4O. The molecule has 1 aromatic heterocycles. The van der Waals surface area contributed by atoms with Gasteiger partial charge in [-0.25, -0.2) is 9.97 Å². The fourth-order valence-corrected chi connectivity index (χ4v) is 1.63. The van der Waals surface area contributed by atoms with Gasteiger partial charge in [0.25, 0.3) is 0 Å². The summed E-state index contributed by atoms with van der Waals surface area (Å²) in [5.41, 5.74) is 1.91. The van der Waals surface area contributed by atoms with E-state index in [1.165, 1.54) is 0 Å². The molecule has 1 amide bonds. The standard InChI is InChI=1S/C13H20N4O/c1-8(2)11-6-9(3)15-13(17-11)14-7-12(18)16-10-4-5-10/h6,8,10H,4-5,7H2,1-3H3,(H,16,18)(H,14,15,17). The molecule has 2 rings (SSSR count). The van der Waals surface area contributed by atoms with Gasteiger partial charge in [-0.05, 0) is 31.7 Å². The maximum atomic E-state index is 11.5. The average molecular weight is 248 g/mol. The molecule has 1 fully saturated rings. The van der Waals surface area contributed by atoms with E-state index in [0.29, 0.717) is 17.9 Å². The van der Waals surface area contributed by atoms with Crippen LogP contribution in [0.5, 0.6) is 0 Å². The van der Waals surface area contributed by atoms with E-state index >= 15 is 0 Å². The molecule has 0 atom stereocenters. The first-order valence-corrected chi connectivity index (χ1v) is 6.43.